The van der Waals surface area contributed by atoms with Crippen LogP contribution in [0.15, 0.2) is 30.3 Å². The highest BCUT2D eigenvalue weighted by Gasteiger charge is 2.29. The van der Waals surface area contributed by atoms with Gasteiger partial charge in [-0.2, -0.15) is 0 Å². The number of hydrogen-bond acceptors (Lipinski definition) is 3. The molecule has 0 spiro atoms. The van der Waals surface area contributed by atoms with Gasteiger partial charge in [-0.25, -0.2) is 0 Å². The van der Waals surface area contributed by atoms with Gasteiger partial charge in [-0.3, -0.25) is 9.59 Å². The number of benzene rings is 1. The number of rotatable bonds is 5. The Morgan fingerprint density at radius 2 is 1.96 bits per heavy atom. The van der Waals surface area contributed by atoms with Crippen molar-refractivity contribution in [2.24, 2.45) is 5.92 Å². The fourth-order valence-electron chi connectivity index (χ4n) is 2.79. The van der Waals surface area contributed by atoms with E-state index in [0.717, 1.165) is 12.0 Å². The molecule has 0 saturated carbocycles. The van der Waals surface area contributed by atoms with Crippen molar-refractivity contribution in [2.45, 2.75) is 32.8 Å². The average molecular weight is 318 g/mol. The Morgan fingerprint density at radius 1 is 1.26 bits per heavy atom. The van der Waals surface area contributed by atoms with Crippen LogP contribution in [0.1, 0.15) is 25.8 Å². The second kappa shape index (κ2) is 8.11. The summed E-state index contributed by atoms with van der Waals surface area (Å²) in [6.45, 7) is 5.10. The zero-order chi connectivity index (χ0) is 16.8. The second-order valence-corrected chi connectivity index (χ2v) is 6.60. The van der Waals surface area contributed by atoms with Crippen molar-refractivity contribution >= 4 is 11.8 Å². The summed E-state index contributed by atoms with van der Waals surface area (Å²) in [5.41, 5.74) is 1.16. The number of amides is 2. The second-order valence-electron chi connectivity index (χ2n) is 6.60. The molecule has 126 valence electrons. The molecule has 0 bridgehead atoms. The monoisotopic (exact) mass is 318 g/mol. The van der Waals surface area contributed by atoms with Crippen LogP contribution in [0.2, 0.25) is 0 Å². The Balaban J connectivity index is 1.95. The van der Waals surface area contributed by atoms with E-state index in [2.05, 4.69) is 0 Å². The lowest BCUT2D eigenvalue weighted by molar-refractivity contribution is -0.139. The molecule has 0 aromatic heterocycles. The molecule has 1 aromatic rings. The van der Waals surface area contributed by atoms with Gasteiger partial charge in [0.05, 0.1) is 12.6 Å². The maximum absolute atomic E-state index is 12.4. The van der Waals surface area contributed by atoms with Crippen LogP contribution in [0.4, 0.5) is 0 Å². The standard InChI is InChI=1S/C18H26N2O3/c1-14(2)10-17(22)20-12-16(21)11-19(18(23)13-20)9-8-15-6-4-3-5-7-15/h3-7,14,16,21H,8-13H2,1-2H3. The summed E-state index contributed by atoms with van der Waals surface area (Å²) in [4.78, 5) is 27.7. The molecule has 1 aromatic carbocycles. The van der Waals surface area contributed by atoms with Gasteiger partial charge >= 0.3 is 0 Å². The molecule has 1 aliphatic heterocycles. The molecule has 23 heavy (non-hydrogen) atoms. The molecular formula is C18H26N2O3. The number of carbonyl (C=O) groups is 2. The third-order valence-corrected chi connectivity index (χ3v) is 3.99. The fourth-order valence-corrected chi connectivity index (χ4v) is 2.79. The highest BCUT2D eigenvalue weighted by Crippen LogP contribution is 2.11. The van der Waals surface area contributed by atoms with Crippen molar-refractivity contribution in [3.8, 4) is 0 Å². The van der Waals surface area contributed by atoms with E-state index in [0.29, 0.717) is 13.0 Å². The number of β-amino-alcohol motifs (C(OH)–C–C–N with tert-alkyl or cyclic N) is 1. The van der Waals surface area contributed by atoms with Gasteiger partial charge in [0.25, 0.3) is 0 Å². The van der Waals surface area contributed by atoms with E-state index in [1.807, 2.05) is 44.2 Å². The normalized spacial score (nSPS) is 19.1. The zero-order valence-corrected chi connectivity index (χ0v) is 13.9. The molecule has 5 nitrogen and oxygen atoms in total. The SMILES string of the molecule is CC(C)CC(=O)N1CC(=O)N(CCc2ccccc2)CC(O)C1. The van der Waals surface area contributed by atoms with Crippen LogP contribution in [-0.2, 0) is 16.0 Å². The molecule has 0 radical (unpaired) electrons. The maximum atomic E-state index is 12.4. The van der Waals surface area contributed by atoms with Gasteiger partial charge in [-0.1, -0.05) is 44.2 Å². The summed E-state index contributed by atoms with van der Waals surface area (Å²) in [7, 11) is 0. The number of hydrogen-bond donors (Lipinski definition) is 1. The smallest absolute Gasteiger partial charge is 0.242 e. The van der Waals surface area contributed by atoms with Crippen molar-refractivity contribution in [3.63, 3.8) is 0 Å². The summed E-state index contributed by atoms with van der Waals surface area (Å²) >= 11 is 0. The van der Waals surface area contributed by atoms with Crippen molar-refractivity contribution in [1.29, 1.82) is 0 Å². The average Bonchev–Trinajstić information content (AvgIpc) is 2.64. The quantitative estimate of drug-likeness (QED) is 0.890. The Hall–Kier alpha value is -1.88. The molecular weight excluding hydrogens is 292 g/mol. The van der Waals surface area contributed by atoms with E-state index in [1.165, 1.54) is 4.90 Å². The zero-order valence-electron chi connectivity index (χ0n) is 13.9. The van der Waals surface area contributed by atoms with Gasteiger partial charge < -0.3 is 14.9 Å². The van der Waals surface area contributed by atoms with Crippen LogP contribution in [0.25, 0.3) is 0 Å². The largest absolute Gasteiger partial charge is 0.389 e. The van der Waals surface area contributed by atoms with Crippen LogP contribution in [-0.4, -0.2) is 59.0 Å². The van der Waals surface area contributed by atoms with Crippen LogP contribution >= 0.6 is 0 Å². The third-order valence-electron chi connectivity index (χ3n) is 3.99. The molecule has 1 unspecified atom stereocenters. The highest BCUT2D eigenvalue weighted by atomic mass is 16.3. The van der Waals surface area contributed by atoms with Gasteiger partial charge in [-0.15, -0.1) is 0 Å². The predicted octanol–water partition coefficient (Wildman–Crippen LogP) is 1.31. The topological polar surface area (TPSA) is 60.9 Å². The van der Waals surface area contributed by atoms with Crippen molar-refractivity contribution in [3.05, 3.63) is 35.9 Å². The first-order chi connectivity index (χ1) is 11.0. The molecule has 1 aliphatic rings. The van der Waals surface area contributed by atoms with Gasteiger partial charge in [0, 0.05) is 26.1 Å². The van der Waals surface area contributed by atoms with E-state index in [1.54, 1.807) is 4.90 Å². The minimum atomic E-state index is -0.687. The molecule has 2 amide bonds. The van der Waals surface area contributed by atoms with Gasteiger partial charge in [-0.05, 0) is 17.9 Å². The summed E-state index contributed by atoms with van der Waals surface area (Å²) in [6, 6.07) is 9.96. The minimum absolute atomic E-state index is 0.0580. The molecule has 1 fully saturated rings. The van der Waals surface area contributed by atoms with Crippen LogP contribution in [0, 0.1) is 5.92 Å². The number of aliphatic hydroxyl groups excluding tert-OH is 1. The minimum Gasteiger partial charge on any atom is -0.389 e. The molecule has 1 saturated heterocycles. The lowest BCUT2D eigenvalue weighted by Crippen LogP contribution is -2.40. The Bertz CT molecular complexity index is 530. The Morgan fingerprint density at radius 3 is 2.61 bits per heavy atom. The molecule has 1 N–H and O–H groups in total. The Kier molecular flexibility index (Phi) is 6.16. The summed E-state index contributed by atoms with van der Waals surface area (Å²) in [5.74, 6) is 0.0964. The number of nitrogens with zero attached hydrogens (tertiary/aromatic N) is 2. The highest BCUT2D eigenvalue weighted by molar-refractivity contribution is 5.85. The summed E-state index contributed by atoms with van der Waals surface area (Å²) < 4.78 is 0. The number of aliphatic hydroxyl groups is 1. The van der Waals surface area contributed by atoms with Crippen LogP contribution < -0.4 is 0 Å². The van der Waals surface area contributed by atoms with Crippen molar-refractivity contribution in [2.75, 3.05) is 26.2 Å². The first-order valence-corrected chi connectivity index (χ1v) is 8.23. The van der Waals surface area contributed by atoms with Crippen molar-refractivity contribution in [1.82, 2.24) is 9.80 Å². The number of carbonyl (C=O) groups excluding carboxylic acids is 2. The van der Waals surface area contributed by atoms with Gasteiger partial charge in [0.2, 0.25) is 11.8 Å². The molecule has 0 aliphatic carbocycles. The molecule has 1 atom stereocenters. The first kappa shape index (κ1) is 17.5. The Labute approximate surface area is 137 Å². The summed E-state index contributed by atoms with van der Waals surface area (Å²) in [6.07, 6.45) is 0.469. The van der Waals surface area contributed by atoms with Crippen molar-refractivity contribution < 1.29 is 14.7 Å². The van der Waals surface area contributed by atoms with E-state index in [9.17, 15) is 14.7 Å². The van der Waals surface area contributed by atoms with E-state index in [-0.39, 0.29) is 37.4 Å². The van der Waals surface area contributed by atoms with E-state index in [4.69, 9.17) is 0 Å². The molecule has 5 heteroatoms. The molecule has 2 rings (SSSR count). The molecule has 1 heterocycles. The third kappa shape index (κ3) is 5.36. The fraction of sp³-hybridized carbons (Fsp3) is 0.556. The van der Waals surface area contributed by atoms with E-state index < -0.39 is 6.10 Å². The first-order valence-electron chi connectivity index (χ1n) is 8.23. The lowest BCUT2D eigenvalue weighted by atomic mass is 10.1. The summed E-state index contributed by atoms with van der Waals surface area (Å²) in [5, 5.41) is 10.1. The van der Waals surface area contributed by atoms with Crippen LogP contribution in [0.3, 0.4) is 0 Å². The van der Waals surface area contributed by atoms with Gasteiger partial charge in [0.15, 0.2) is 0 Å². The lowest BCUT2D eigenvalue weighted by Gasteiger charge is -2.22. The van der Waals surface area contributed by atoms with Crippen LogP contribution in [0.5, 0.6) is 0 Å². The van der Waals surface area contributed by atoms with E-state index >= 15 is 0 Å². The maximum Gasteiger partial charge on any atom is 0.242 e. The predicted molar refractivity (Wildman–Crippen MR) is 88.8 cm³/mol. The van der Waals surface area contributed by atoms with Gasteiger partial charge in [0.1, 0.15) is 0 Å².